The van der Waals surface area contributed by atoms with Gasteiger partial charge in [0, 0.05) is 16.6 Å². The van der Waals surface area contributed by atoms with Crippen molar-refractivity contribution in [3.05, 3.63) is 65.9 Å². The molecule has 90 valence electrons. The van der Waals surface area contributed by atoms with E-state index in [1.807, 2.05) is 48.5 Å². The van der Waals surface area contributed by atoms with Gasteiger partial charge in [-0.25, -0.2) is 0 Å². The van der Waals surface area contributed by atoms with Gasteiger partial charge in [0.05, 0.1) is 12.3 Å². The highest BCUT2D eigenvalue weighted by Crippen LogP contribution is 2.29. The lowest BCUT2D eigenvalue weighted by atomic mass is 9.99. The molecule has 0 saturated carbocycles. The van der Waals surface area contributed by atoms with Gasteiger partial charge in [0.15, 0.2) is 0 Å². The fourth-order valence-electron chi connectivity index (χ4n) is 2.12. The van der Waals surface area contributed by atoms with Crippen LogP contribution in [0.4, 0.5) is 5.69 Å². The predicted octanol–water partition coefficient (Wildman–Crippen LogP) is 3.06. The van der Waals surface area contributed by atoms with Crippen molar-refractivity contribution in [1.29, 1.82) is 0 Å². The maximum Gasteiger partial charge on any atom is 0.134 e. The first-order chi connectivity index (χ1) is 8.75. The Morgan fingerprint density at radius 2 is 1.67 bits per heavy atom. The number of furan rings is 1. The summed E-state index contributed by atoms with van der Waals surface area (Å²) in [4.78, 5) is 0. The molecule has 0 aliphatic carbocycles. The number of nitrogens with two attached hydrogens (primary N) is 2. The maximum atomic E-state index is 6.28. The minimum atomic E-state index is -0.200. The first-order valence-electron chi connectivity index (χ1n) is 5.83. The number of para-hydroxylation sites is 1. The summed E-state index contributed by atoms with van der Waals surface area (Å²) in [6.45, 7) is 0. The molecular weight excluding hydrogens is 224 g/mol. The number of rotatable bonds is 2. The Hall–Kier alpha value is -2.26. The lowest BCUT2D eigenvalue weighted by molar-refractivity contribution is 0.607. The van der Waals surface area contributed by atoms with Gasteiger partial charge in [0.25, 0.3) is 0 Å². The topological polar surface area (TPSA) is 65.2 Å². The SMILES string of the molecule is Nc1ccc(C(N)c2coc3ccccc23)cc1. The molecule has 3 heteroatoms. The van der Waals surface area contributed by atoms with Crippen LogP contribution in [0.5, 0.6) is 0 Å². The van der Waals surface area contributed by atoms with E-state index in [1.54, 1.807) is 6.26 Å². The predicted molar refractivity (Wildman–Crippen MR) is 73.1 cm³/mol. The van der Waals surface area contributed by atoms with Crippen LogP contribution < -0.4 is 11.5 Å². The zero-order chi connectivity index (χ0) is 12.5. The zero-order valence-electron chi connectivity index (χ0n) is 9.84. The Morgan fingerprint density at radius 1 is 0.944 bits per heavy atom. The van der Waals surface area contributed by atoms with Crippen molar-refractivity contribution in [2.45, 2.75) is 6.04 Å². The molecule has 4 N–H and O–H groups in total. The summed E-state index contributed by atoms with van der Waals surface area (Å²) in [5.41, 5.74) is 15.6. The second-order valence-corrected chi connectivity index (χ2v) is 4.33. The van der Waals surface area contributed by atoms with Crippen molar-refractivity contribution >= 4 is 16.7 Å². The number of fused-ring (bicyclic) bond motifs is 1. The molecule has 1 unspecified atom stereocenters. The van der Waals surface area contributed by atoms with Crippen LogP contribution >= 0.6 is 0 Å². The van der Waals surface area contributed by atoms with E-state index >= 15 is 0 Å². The Balaban J connectivity index is 2.06. The van der Waals surface area contributed by atoms with E-state index in [0.29, 0.717) is 0 Å². The summed E-state index contributed by atoms with van der Waals surface area (Å²) in [6.07, 6.45) is 1.73. The van der Waals surface area contributed by atoms with Crippen LogP contribution in [-0.4, -0.2) is 0 Å². The standard InChI is InChI=1S/C15H14N2O/c16-11-7-5-10(6-8-11)15(17)13-9-18-14-4-2-1-3-12(13)14/h1-9,15H,16-17H2. The van der Waals surface area contributed by atoms with Gasteiger partial charge >= 0.3 is 0 Å². The summed E-state index contributed by atoms with van der Waals surface area (Å²) < 4.78 is 5.51. The van der Waals surface area contributed by atoms with Crippen molar-refractivity contribution in [3.63, 3.8) is 0 Å². The van der Waals surface area contributed by atoms with E-state index in [9.17, 15) is 0 Å². The van der Waals surface area contributed by atoms with E-state index in [0.717, 1.165) is 27.8 Å². The van der Waals surface area contributed by atoms with Gasteiger partial charge in [0.2, 0.25) is 0 Å². The highest BCUT2D eigenvalue weighted by Gasteiger charge is 2.14. The number of anilines is 1. The van der Waals surface area contributed by atoms with Crippen LogP contribution in [0.3, 0.4) is 0 Å². The smallest absolute Gasteiger partial charge is 0.134 e. The third-order valence-electron chi connectivity index (χ3n) is 3.14. The van der Waals surface area contributed by atoms with Gasteiger partial charge in [-0.1, -0.05) is 30.3 Å². The zero-order valence-corrected chi connectivity index (χ0v) is 9.84. The molecule has 0 radical (unpaired) electrons. The van der Waals surface area contributed by atoms with E-state index in [2.05, 4.69) is 0 Å². The first kappa shape index (κ1) is 10.9. The molecule has 3 nitrogen and oxygen atoms in total. The molecule has 3 rings (SSSR count). The molecular formula is C15H14N2O. The van der Waals surface area contributed by atoms with Gasteiger partial charge < -0.3 is 15.9 Å². The van der Waals surface area contributed by atoms with E-state index in [4.69, 9.17) is 15.9 Å². The molecule has 0 bridgehead atoms. The lowest BCUT2D eigenvalue weighted by Gasteiger charge is -2.10. The molecule has 0 amide bonds. The van der Waals surface area contributed by atoms with Crippen molar-refractivity contribution in [2.75, 3.05) is 5.73 Å². The number of benzene rings is 2. The summed E-state index contributed by atoms with van der Waals surface area (Å²) in [5.74, 6) is 0. The quantitative estimate of drug-likeness (QED) is 0.674. The van der Waals surface area contributed by atoms with Crippen LogP contribution in [0, 0.1) is 0 Å². The average Bonchev–Trinajstić information content (AvgIpc) is 2.82. The monoisotopic (exact) mass is 238 g/mol. The van der Waals surface area contributed by atoms with Crippen molar-refractivity contribution in [3.8, 4) is 0 Å². The molecule has 1 atom stereocenters. The molecule has 0 aliphatic rings. The number of nitrogen functional groups attached to an aromatic ring is 1. The molecule has 1 heterocycles. The van der Waals surface area contributed by atoms with Crippen LogP contribution in [0.15, 0.2) is 59.2 Å². The molecule has 2 aromatic carbocycles. The fourth-order valence-corrected chi connectivity index (χ4v) is 2.12. The third kappa shape index (κ3) is 1.75. The van der Waals surface area contributed by atoms with Crippen LogP contribution in [-0.2, 0) is 0 Å². The normalized spacial score (nSPS) is 12.7. The Labute approximate surface area is 105 Å². The molecule has 3 aromatic rings. The van der Waals surface area contributed by atoms with Gasteiger partial charge in [-0.3, -0.25) is 0 Å². The van der Waals surface area contributed by atoms with Gasteiger partial charge in [-0.2, -0.15) is 0 Å². The molecule has 0 spiro atoms. The summed E-state index contributed by atoms with van der Waals surface area (Å²) in [6, 6.07) is 15.3. The highest BCUT2D eigenvalue weighted by molar-refractivity contribution is 5.81. The van der Waals surface area contributed by atoms with Gasteiger partial charge in [-0.05, 0) is 23.8 Å². The van der Waals surface area contributed by atoms with Gasteiger partial charge in [-0.15, -0.1) is 0 Å². The summed E-state index contributed by atoms with van der Waals surface area (Å²) in [7, 11) is 0. The van der Waals surface area contributed by atoms with E-state index < -0.39 is 0 Å². The van der Waals surface area contributed by atoms with E-state index in [-0.39, 0.29) is 6.04 Å². The van der Waals surface area contributed by atoms with Crippen LogP contribution in [0.1, 0.15) is 17.2 Å². The largest absolute Gasteiger partial charge is 0.464 e. The minimum Gasteiger partial charge on any atom is -0.464 e. The minimum absolute atomic E-state index is 0.200. The number of hydrogen-bond acceptors (Lipinski definition) is 3. The van der Waals surface area contributed by atoms with Crippen molar-refractivity contribution in [1.82, 2.24) is 0 Å². The first-order valence-corrected chi connectivity index (χ1v) is 5.83. The van der Waals surface area contributed by atoms with Crippen LogP contribution in [0.2, 0.25) is 0 Å². The summed E-state index contributed by atoms with van der Waals surface area (Å²) >= 11 is 0. The molecule has 1 aromatic heterocycles. The van der Waals surface area contributed by atoms with Crippen molar-refractivity contribution < 1.29 is 4.42 Å². The van der Waals surface area contributed by atoms with Crippen LogP contribution in [0.25, 0.3) is 11.0 Å². The average molecular weight is 238 g/mol. The Kier molecular flexibility index (Phi) is 2.54. The third-order valence-corrected chi connectivity index (χ3v) is 3.14. The molecule has 18 heavy (non-hydrogen) atoms. The Morgan fingerprint density at radius 3 is 2.44 bits per heavy atom. The van der Waals surface area contributed by atoms with Gasteiger partial charge in [0.1, 0.15) is 5.58 Å². The molecule has 0 aliphatic heterocycles. The second kappa shape index (κ2) is 4.20. The summed E-state index contributed by atoms with van der Waals surface area (Å²) in [5, 5.41) is 1.06. The highest BCUT2D eigenvalue weighted by atomic mass is 16.3. The number of hydrogen-bond donors (Lipinski definition) is 2. The van der Waals surface area contributed by atoms with E-state index in [1.165, 1.54) is 0 Å². The maximum absolute atomic E-state index is 6.28. The molecule has 0 saturated heterocycles. The van der Waals surface area contributed by atoms with Crippen molar-refractivity contribution in [2.24, 2.45) is 5.73 Å². The Bertz CT molecular complexity index is 670. The lowest BCUT2D eigenvalue weighted by Crippen LogP contribution is -2.11. The molecule has 0 fully saturated rings. The fraction of sp³-hybridized carbons (Fsp3) is 0.0667. The second-order valence-electron chi connectivity index (χ2n) is 4.33.